The van der Waals surface area contributed by atoms with E-state index in [1.54, 1.807) is 0 Å². The zero-order valence-electron chi connectivity index (χ0n) is 28.2. The SMILES string of the molecule is CC(C)(C)c1cn(-c2cc(-n3cc(C(C)(C)C)c4ccccc43)cc(-n3cc(C(C)(C)C)c4ccccc43)c2)c2ccccc12. The summed E-state index contributed by atoms with van der Waals surface area (Å²) in [7, 11) is 0. The summed E-state index contributed by atoms with van der Waals surface area (Å²) in [6.45, 7) is 20.8. The van der Waals surface area contributed by atoms with Crippen molar-refractivity contribution in [1.29, 1.82) is 0 Å². The van der Waals surface area contributed by atoms with Crippen molar-refractivity contribution in [3.05, 3.63) is 126 Å². The molecule has 0 aliphatic carbocycles. The Morgan fingerprint density at radius 3 is 0.844 bits per heavy atom. The Morgan fingerprint density at radius 2 is 0.600 bits per heavy atom. The van der Waals surface area contributed by atoms with E-state index in [4.69, 9.17) is 0 Å². The molecule has 0 fully saturated rings. The van der Waals surface area contributed by atoms with Crippen molar-refractivity contribution in [2.24, 2.45) is 0 Å². The first-order valence-electron chi connectivity index (χ1n) is 16.2. The lowest BCUT2D eigenvalue weighted by molar-refractivity contribution is 0.594. The maximum atomic E-state index is 2.40. The molecular formula is C42H45N3. The van der Waals surface area contributed by atoms with E-state index in [1.165, 1.54) is 49.4 Å². The molecule has 0 saturated heterocycles. The van der Waals surface area contributed by atoms with Gasteiger partial charge in [-0.05, 0) is 69.3 Å². The van der Waals surface area contributed by atoms with Gasteiger partial charge in [0.05, 0.1) is 16.6 Å². The van der Waals surface area contributed by atoms with Crippen LogP contribution in [0.5, 0.6) is 0 Å². The quantitative estimate of drug-likeness (QED) is 0.194. The second kappa shape index (κ2) is 10.0. The molecule has 0 unspecified atom stereocenters. The summed E-state index contributed by atoms with van der Waals surface area (Å²) in [5.74, 6) is 0. The van der Waals surface area contributed by atoms with Crippen LogP contribution in [0, 0.1) is 0 Å². The summed E-state index contributed by atoms with van der Waals surface area (Å²) in [5, 5.41) is 3.92. The molecule has 3 aromatic heterocycles. The lowest BCUT2D eigenvalue weighted by atomic mass is 9.87. The third kappa shape index (κ3) is 4.90. The van der Waals surface area contributed by atoms with E-state index in [0.717, 1.165) is 17.1 Å². The van der Waals surface area contributed by atoms with E-state index in [1.807, 2.05) is 0 Å². The Morgan fingerprint density at radius 1 is 0.356 bits per heavy atom. The van der Waals surface area contributed by atoms with E-state index in [9.17, 15) is 0 Å². The normalized spacial score (nSPS) is 13.0. The van der Waals surface area contributed by atoms with Crippen molar-refractivity contribution in [3.8, 4) is 17.1 Å². The minimum atomic E-state index is 0.0156. The molecule has 0 bridgehead atoms. The molecule has 0 N–H and O–H groups in total. The van der Waals surface area contributed by atoms with Crippen LogP contribution < -0.4 is 0 Å². The van der Waals surface area contributed by atoms with E-state index in [2.05, 4.69) is 186 Å². The summed E-state index contributed by atoms with van der Waals surface area (Å²) in [6, 6.07) is 33.6. The number of nitrogens with zero attached hydrogens (tertiary/aromatic N) is 3. The van der Waals surface area contributed by atoms with Gasteiger partial charge in [0.25, 0.3) is 0 Å². The van der Waals surface area contributed by atoms with E-state index >= 15 is 0 Å². The minimum absolute atomic E-state index is 0.0156. The van der Waals surface area contributed by atoms with Gasteiger partial charge < -0.3 is 13.7 Å². The zero-order valence-corrected chi connectivity index (χ0v) is 28.2. The first-order chi connectivity index (χ1) is 21.2. The summed E-state index contributed by atoms with van der Waals surface area (Å²) >= 11 is 0. The Bertz CT molecular complexity index is 1950. The average Bonchev–Trinajstić information content (AvgIpc) is 3.68. The molecule has 0 amide bonds. The highest BCUT2D eigenvalue weighted by atomic mass is 15.0. The number of rotatable bonds is 3. The first kappa shape index (κ1) is 29.2. The average molecular weight is 592 g/mol. The molecule has 3 heteroatoms. The van der Waals surface area contributed by atoms with Crippen molar-refractivity contribution in [3.63, 3.8) is 0 Å². The maximum Gasteiger partial charge on any atom is 0.0531 e. The van der Waals surface area contributed by atoms with Gasteiger partial charge in [0.2, 0.25) is 0 Å². The molecule has 3 heterocycles. The fraction of sp³-hybridized carbons (Fsp3) is 0.286. The summed E-state index contributed by atoms with van der Waals surface area (Å²) < 4.78 is 7.20. The van der Waals surface area contributed by atoms with E-state index in [-0.39, 0.29) is 16.2 Å². The highest BCUT2D eigenvalue weighted by Crippen LogP contribution is 2.39. The summed E-state index contributed by atoms with van der Waals surface area (Å²) in [5.41, 5.74) is 11.3. The van der Waals surface area contributed by atoms with Gasteiger partial charge in [0, 0.05) is 51.8 Å². The van der Waals surface area contributed by atoms with Crippen molar-refractivity contribution >= 4 is 32.7 Å². The van der Waals surface area contributed by atoms with Crippen LogP contribution in [0.15, 0.2) is 110 Å². The second-order valence-corrected chi connectivity index (χ2v) is 15.7. The van der Waals surface area contributed by atoms with Crippen LogP contribution >= 0.6 is 0 Å². The van der Waals surface area contributed by atoms with Gasteiger partial charge in [-0.3, -0.25) is 0 Å². The van der Waals surface area contributed by atoms with Crippen LogP contribution in [-0.2, 0) is 16.2 Å². The van der Waals surface area contributed by atoms with Crippen molar-refractivity contribution in [2.75, 3.05) is 0 Å². The van der Waals surface area contributed by atoms with Crippen LogP contribution in [0.3, 0.4) is 0 Å². The van der Waals surface area contributed by atoms with E-state index < -0.39 is 0 Å². The number of fused-ring (bicyclic) bond motifs is 3. The summed E-state index contributed by atoms with van der Waals surface area (Å²) in [4.78, 5) is 0. The molecule has 7 aromatic rings. The Hall–Kier alpha value is -4.50. The van der Waals surface area contributed by atoms with Gasteiger partial charge in [0.15, 0.2) is 0 Å². The lowest BCUT2D eigenvalue weighted by Gasteiger charge is -2.18. The van der Waals surface area contributed by atoms with E-state index in [0.29, 0.717) is 0 Å². The Labute approximate surface area is 267 Å². The van der Waals surface area contributed by atoms with Crippen molar-refractivity contribution in [2.45, 2.75) is 78.6 Å². The van der Waals surface area contributed by atoms with Crippen LogP contribution in [0.25, 0.3) is 49.8 Å². The van der Waals surface area contributed by atoms with Crippen LogP contribution in [0.4, 0.5) is 0 Å². The fourth-order valence-electron chi connectivity index (χ4n) is 6.97. The molecule has 4 aromatic carbocycles. The summed E-state index contributed by atoms with van der Waals surface area (Å²) in [6.07, 6.45) is 7.07. The van der Waals surface area contributed by atoms with Gasteiger partial charge in [-0.2, -0.15) is 0 Å². The Balaban J connectivity index is 1.57. The number of aromatic nitrogens is 3. The number of hydrogen-bond acceptors (Lipinski definition) is 0. The fourth-order valence-corrected chi connectivity index (χ4v) is 6.97. The monoisotopic (exact) mass is 591 g/mol. The third-order valence-corrected chi connectivity index (χ3v) is 9.28. The maximum absolute atomic E-state index is 2.40. The molecule has 0 aliphatic heterocycles. The molecule has 3 nitrogen and oxygen atoms in total. The molecule has 0 atom stereocenters. The van der Waals surface area contributed by atoms with Gasteiger partial charge in [0.1, 0.15) is 0 Å². The molecular weight excluding hydrogens is 546 g/mol. The number of hydrogen-bond donors (Lipinski definition) is 0. The van der Waals surface area contributed by atoms with Crippen molar-refractivity contribution < 1.29 is 0 Å². The van der Waals surface area contributed by atoms with Crippen LogP contribution in [0.1, 0.15) is 79.0 Å². The molecule has 0 radical (unpaired) electrons. The van der Waals surface area contributed by atoms with Crippen LogP contribution in [0.2, 0.25) is 0 Å². The van der Waals surface area contributed by atoms with Crippen molar-refractivity contribution in [1.82, 2.24) is 13.7 Å². The standard InChI is InChI=1S/C42H45N3/c1-40(2,3)34-25-43(37-19-13-10-16-31(34)37)28-22-29(44-26-35(41(4,5)6)32-17-11-14-20-38(32)44)24-30(23-28)45-27-36(42(7,8)9)33-18-12-15-21-39(33)45/h10-27H,1-9H3. The molecule has 228 valence electrons. The third-order valence-electron chi connectivity index (χ3n) is 9.28. The molecule has 0 spiro atoms. The second-order valence-electron chi connectivity index (χ2n) is 15.7. The minimum Gasteiger partial charge on any atom is -0.316 e. The zero-order chi connectivity index (χ0) is 31.9. The van der Waals surface area contributed by atoms with Gasteiger partial charge >= 0.3 is 0 Å². The number of para-hydroxylation sites is 3. The highest BCUT2D eigenvalue weighted by molar-refractivity contribution is 5.90. The largest absolute Gasteiger partial charge is 0.316 e. The molecule has 0 saturated carbocycles. The van der Waals surface area contributed by atoms with Crippen LogP contribution in [-0.4, -0.2) is 13.7 Å². The first-order valence-corrected chi connectivity index (χ1v) is 16.2. The van der Waals surface area contributed by atoms with Gasteiger partial charge in [-0.1, -0.05) is 117 Å². The highest BCUT2D eigenvalue weighted by Gasteiger charge is 2.25. The topological polar surface area (TPSA) is 14.8 Å². The predicted molar refractivity (Wildman–Crippen MR) is 193 cm³/mol. The van der Waals surface area contributed by atoms with Gasteiger partial charge in [-0.25, -0.2) is 0 Å². The smallest absolute Gasteiger partial charge is 0.0531 e. The lowest BCUT2D eigenvalue weighted by Crippen LogP contribution is -2.10. The molecule has 45 heavy (non-hydrogen) atoms. The van der Waals surface area contributed by atoms with Gasteiger partial charge in [-0.15, -0.1) is 0 Å². The number of benzene rings is 4. The Kier molecular flexibility index (Phi) is 6.50. The predicted octanol–water partition coefficient (Wildman–Crippen LogP) is 11.4. The molecule has 7 rings (SSSR count). The molecule has 0 aliphatic rings.